The Hall–Kier alpha value is -1.02. The van der Waals surface area contributed by atoms with E-state index in [-0.39, 0.29) is 24.0 Å². The van der Waals surface area contributed by atoms with Crippen LogP contribution in [-0.2, 0) is 4.74 Å². The Morgan fingerprint density at radius 2 is 1.95 bits per heavy atom. The second-order valence-electron chi connectivity index (χ2n) is 4.35. The summed E-state index contributed by atoms with van der Waals surface area (Å²) in [5, 5.41) is 0. The van der Waals surface area contributed by atoms with Gasteiger partial charge in [0.25, 0.3) is 0 Å². The van der Waals surface area contributed by atoms with E-state index in [2.05, 4.69) is 9.89 Å². The summed E-state index contributed by atoms with van der Waals surface area (Å²) in [6, 6.07) is 9.80. The standard InChI is InChI=1S/C14H21N3O2.HI/c15-14(17-8-11-18-12-9-17)16-7-4-10-19-13-5-2-1-3-6-13;/h1-3,5-6H,4,7-12H2,(H2,15,16);1H. The van der Waals surface area contributed by atoms with Crippen molar-refractivity contribution in [1.29, 1.82) is 0 Å². The van der Waals surface area contributed by atoms with Crippen LogP contribution in [0.3, 0.4) is 0 Å². The summed E-state index contributed by atoms with van der Waals surface area (Å²) in [5.74, 6) is 1.51. The molecular formula is C14H22IN3O2. The molecule has 20 heavy (non-hydrogen) atoms. The molecule has 0 amide bonds. The van der Waals surface area contributed by atoms with Crippen molar-refractivity contribution < 1.29 is 9.47 Å². The van der Waals surface area contributed by atoms with Crippen molar-refractivity contribution in [3.8, 4) is 5.75 Å². The topological polar surface area (TPSA) is 60.1 Å². The summed E-state index contributed by atoms with van der Waals surface area (Å²) in [7, 11) is 0. The van der Waals surface area contributed by atoms with E-state index in [1.807, 2.05) is 30.3 Å². The first-order chi connectivity index (χ1) is 9.36. The Morgan fingerprint density at radius 3 is 2.65 bits per heavy atom. The highest BCUT2D eigenvalue weighted by Gasteiger charge is 2.11. The summed E-state index contributed by atoms with van der Waals surface area (Å²) < 4.78 is 10.9. The lowest BCUT2D eigenvalue weighted by Gasteiger charge is -2.27. The largest absolute Gasteiger partial charge is 0.494 e. The van der Waals surface area contributed by atoms with Crippen molar-refractivity contribution >= 4 is 29.9 Å². The third-order valence-corrected chi connectivity index (χ3v) is 2.92. The highest BCUT2D eigenvalue weighted by atomic mass is 127. The number of halogens is 1. The van der Waals surface area contributed by atoms with Crippen LogP contribution in [0, 0.1) is 0 Å². The highest BCUT2D eigenvalue weighted by Crippen LogP contribution is 2.08. The molecule has 0 unspecified atom stereocenters. The molecule has 1 heterocycles. The van der Waals surface area contributed by atoms with Crippen LogP contribution in [0.25, 0.3) is 0 Å². The summed E-state index contributed by atoms with van der Waals surface area (Å²) in [6.45, 7) is 4.46. The molecule has 0 aromatic heterocycles. The van der Waals surface area contributed by atoms with E-state index in [0.717, 1.165) is 38.5 Å². The van der Waals surface area contributed by atoms with E-state index in [1.54, 1.807) is 0 Å². The predicted octanol–water partition coefficient (Wildman–Crippen LogP) is 1.72. The molecule has 0 radical (unpaired) electrons. The second kappa shape index (κ2) is 9.82. The molecule has 1 aliphatic rings. The third-order valence-electron chi connectivity index (χ3n) is 2.92. The number of morpholine rings is 1. The van der Waals surface area contributed by atoms with Gasteiger partial charge in [-0.05, 0) is 12.1 Å². The second-order valence-corrected chi connectivity index (χ2v) is 4.35. The smallest absolute Gasteiger partial charge is 0.191 e. The van der Waals surface area contributed by atoms with Gasteiger partial charge in [-0.15, -0.1) is 24.0 Å². The molecule has 0 spiro atoms. The molecule has 0 atom stereocenters. The Labute approximate surface area is 137 Å². The van der Waals surface area contributed by atoms with E-state index in [9.17, 15) is 0 Å². The summed E-state index contributed by atoms with van der Waals surface area (Å²) in [5.41, 5.74) is 5.92. The molecule has 112 valence electrons. The minimum Gasteiger partial charge on any atom is -0.494 e. The summed E-state index contributed by atoms with van der Waals surface area (Å²) >= 11 is 0. The Kier molecular flexibility index (Phi) is 8.36. The maximum Gasteiger partial charge on any atom is 0.191 e. The van der Waals surface area contributed by atoms with Crippen LogP contribution in [0.4, 0.5) is 0 Å². The fourth-order valence-electron chi connectivity index (χ4n) is 1.86. The lowest BCUT2D eigenvalue weighted by molar-refractivity contribution is 0.0674. The molecule has 1 aliphatic heterocycles. The zero-order valence-electron chi connectivity index (χ0n) is 11.5. The Morgan fingerprint density at radius 1 is 1.25 bits per heavy atom. The normalized spacial score (nSPS) is 15.6. The molecule has 1 fully saturated rings. The molecule has 2 rings (SSSR count). The van der Waals surface area contributed by atoms with Gasteiger partial charge < -0.3 is 20.1 Å². The Bertz CT molecular complexity index is 395. The van der Waals surface area contributed by atoms with Gasteiger partial charge >= 0.3 is 0 Å². The number of hydrogen-bond acceptors (Lipinski definition) is 3. The monoisotopic (exact) mass is 391 g/mol. The van der Waals surface area contributed by atoms with E-state index in [1.165, 1.54) is 0 Å². The average Bonchev–Trinajstić information content (AvgIpc) is 2.49. The molecule has 1 aromatic carbocycles. The molecule has 6 heteroatoms. The van der Waals surface area contributed by atoms with Gasteiger partial charge in [0.15, 0.2) is 5.96 Å². The van der Waals surface area contributed by atoms with Crippen molar-refractivity contribution in [3.05, 3.63) is 30.3 Å². The quantitative estimate of drug-likeness (QED) is 0.360. The average molecular weight is 391 g/mol. The molecule has 1 aromatic rings. The summed E-state index contributed by atoms with van der Waals surface area (Å²) in [6.07, 6.45) is 0.861. The molecule has 0 saturated carbocycles. The van der Waals surface area contributed by atoms with E-state index >= 15 is 0 Å². The first-order valence-electron chi connectivity index (χ1n) is 6.67. The lowest BCUT2D eigenvalue weighted by Crippen LogP contribution is -2.44. The van der Waals surface area contributed by atoms with Crippen molar-refractivity contribution in [2.75, 3.05) is 39.5 Å². The molecule has 1 saturated heterocycles. The number of nitrogens with zero attached hydrogens (tertiary/aromatic N) is 2. The van der Waals surface area contributed by atoms with Crippen LogP contribution in [0.1, 0.15) is 6.42 Å². The zero-order chi connectivity index (χ0) is 13.3. The maximum atomic E-state index is 5.92. The fourth-order valence-corrected chi connectivity index (χ4v) is 1.86. The van der Waals surface area contributed by atoms with Gasteiger partial charge in [0.1, 0.15) is 5.75 Å². The van der Waals surface area contributed by atoms with Crippen LogP contribution in [-0.4, -0.2) is 50.3 Å². The molecule has 2 N–H and O–H groups in total. The fraction of sp³-hybridized carbons (Fsp3) is 0.500. The summed E-state index contributed by atoms with van der Waals surface area (Å²) in [4.78, 5) is 6.42. The molecule has 5 nitrogen and oxygen atoms in total. The van der Waals surface area contributed by atoms with Crippen molar-refractivity contribution in [3.63, 3.8) is 0 Å². The van der Waals surface area contributed by atoms with Crippen LogP contribution in [0.15, 0.2) is 35.3 Å². The number of benzene rings is 1. The first-order valence-corrected chi connectivity index (χ1v) is 6.67. The highest BCUT2D eigenvalue weighted by molar-refractivity contribution is 14.0. The maximum absolute atomic E-state index is 5.92. The number of rotatable bonds is 5. The van der Waals surface area contributed by atoms with Gasteiger partial charge in [0.05, 0.1) is 19.8 Å². The SMILES string of the molecule is I.NC(=NCCCOc1ccccc1)N1CCOCC1. The van der Waals surface area contributed by atoms with Gasteiger partial charge in [-0.3, -0.25) is 4.99 Å². The van der Waals surface area contributed by atoms with Crippen LogP contribution in [0.2, 0.25) is 0 Å². The van der Waals surface area contributed by atoms with Crippen LogP contribution < -0.4 is 10.5 Å². The van der Waals surface area contributed by atoms with Gasteiger partial charge in [0, 0.05) is 26.1 Å². The van der Waals surface area contributed by atoms with E-state index in [0.29, 0.717) is 19.1 Å². The van der Waals surface area contributed by atoms with Crippen molar-refractivity contribution in [2.24, 2.45) is 10.7 Å². The Balaban J connectivity index is 0.00000200. The lowest BCUT2D eigenvalue weighted by atomic mass is 10.3. The number of aliphatic imine (C=N–C) groups is 1. The number of hydrogen-bond donors (Lipinski definition) is 1. The predicted molar refractivity (Wildman–Crippen MR) is 90.9 cm³/mol. The van der Waals surface area contributed by atoms with Crippen LogP contribution >= 0.6 is 24.0 Å². The van der Waals surface area contributed by atoms with Crippen molar-refractivity contribution in [2.45, 2.75) is 6.42 Å². The van der Waals surface area contributed by atoms with Gasteiger partial charge in [-0.25, -0.2) is 0 Å². The van der Waals surface area contributed by atoms with E-state index < -0.39 is 0 Å². The number of nitrogens with two attached hydrogens (primary N) is 1. The molecular weight excluding hydrogens is 369 g/mol. The first kappa shape index (κ1) is 17.0. The number of guanidine groups is 1. The van der Waals surface area contributed by atoms with Crippen LogP contribution in [0.5, 0.6) is 5.75 Å². The number of para-hydroxylation sites is 1. The molecule has 0 bridgehead atoms. The van der Waals surface area contributed by atoms with E-state index in [4.69, 9.17) is 15.2 Å². The van der Waals surface area contributed by atoms with Gasteiger partial charge in [-0.1, -0.05) is 18.2 Å². The number of ether oxygens (including phenoxy) is 2. The van der Waals surface area contributed by atoms with Crippen molar-refractivity contribution in [1.82, 2.24) is 4.90 Å². The molecule has 0 aliphatic carbocycles. The zero-order valence-corrected chi connectivity index (χ0v) is 13.9. The minimum atomic E-state index is 0. The third kappa shape index (κ3) is 5.96. The minimum absolute atomic E-state index is 0. The van der Waals surface area contributed by atoms with Gasteiger partial charge in [-0.2, -0.15) is 0 Å². The van der Waals surface area contributed by atoms with Gasteiger partial charge in [0.2, 0.25) is 0 Å².